The lowest BCUT2D eigenvalue weighted by Crippen LogP contribution is -2.45. The first kappa shape index (κ1) is 59.1. The minimum absolute atomic E-state index is 0.107. The highest BCUT2D eigenvalue weighted by Gasteiger charge is 2.47. The van der Waals surface area contributed by atoms with Gasteiger partial charge in [0.15, 0.2) is 0 Å². The molecule has 0 aliphatic carbocycles. The highest BCUT2D eigenvalue weighted by atomic mass is 16.5. The molecule has 0 spiro atoms. The maximum Gasteiger partial charge on any atom is 0.343 e. The monoisotopic (exact) mass is 977 g/mol. The summed E-state index contributed by atoms with van der Waals surface area (Å²) in [6, 6.07) is 19.4. The fourth-order valence-corrected chi connectivity index (χ4v) is 8.95. The number of carbonyl (C=O) groups excluding carboxylic acids is 2. The average Bonchev–Trinajstić information content (AvgIpc) is 3.20. The lowest BCUT2D eigenvalue weighted by atomic mass is 9.68. The summed E-state index contributed by atoms with van der Waals surface area (Å²) in [5.41, 5.74) is 3.26. The molecule has 0 heterocycles. The molecule has 392 valence electrons. The topological polar surface area (TPSA) is 123 Å². The van der Waals surface area contributed by atoms with Crippen LogP contribution in [0, 0.1) is 5.41 Å². The van der Waals surface area contributed by atoms with E-state index in [0.29, 0.717) is 45.1 Å². The second-order valence-electron chi connectivity index (χ2n) is 28.4. The van der Waals surface area contributed by atoms with E-state index in [1.807, 2.05) is 48.5 Å². The second-order valence-corrected chi connectivity index (χ2v) is 28.4. The Morgan fingerprint density at radius 2 is 0.676 bits per heavy atom. The van der Waals surface area contributed by atoms with Gasteiger partial charge in [0.2, 0.25) is 0 Å². The van der Waals surface area contributed by atoms with Crippen molar-refractivity contribution in [3.63, 3.8) is 0 Å². The van der Waals surface area contributed by atoms with Gasteiger partial charge in [0.25, 0.3) is 0 Å². The number of hydrogen-bond donors (Lipinski definition) is 3. The SMILES string of the molecule is CC(C)(C)c1ccc(OC(=O)c2cc(C(C)(C)C)c(OC(c3c(C(C)(C)C)cc(C(=O)Oc4ccc(C(C)(C)C)cc4C(C)(C)C)cc3C(C)(C)C)C(CO)(CO)CO)c(C(C)(C)C)c2)c(C(C)(C)C)c1. The quantitative estimate of drug-likeness (QED) is 0.100. The second kappa shape index (κ2) is 20.1. The molecule has 1 atom stereocenters. The van der Waals surface area contributed by atoms with Crippen LogP contribution in [0.25, 0.3) is 0 Å². The van der Waals surface area contributed by atoms with E-state index in [9.17, 15) is 24.9 Å². The third-order valence-corrected chi connectivity index (χ3v) is 13.7. The van der Waals surface area contributed by atoms with Gasteiger partial charge >= 0.3 is 11.9 Å². The Kier molecular flexibility index (Phi) is 16.7. The Bertz CT molecular complexity index is 2490. The van der Waals surface area contributed by atoms with E-state index in [1.54, 1.807) is 0 Å². The largest absolute Gasteiger partial charge is 0.484 e. The Morgan fingerprint density at radius 1 is 0.394 bits per heavy atom. The van der Waals surface area contributed by atoms with Crippen molar-refractivity contribution in [3.05, 3.63) is 122 Å². The molecule has 0 bridgehead atoms. The molecule has 0 aromatic heterocycles. The molecule has 8 heteroatoms. The minimum atomic E-state index is -1.64. The zero-order valence-corrected chi connectivity index (χ0v) is 48.4. The van der Waals surface area contributed by atoms with Crippen LogP contribution in [0.4, 0.5) is 0 Å². The molecule has 1 unspecified atom stereocenters. The van der Waals surface area contributed by atoms with Gasteiger partial charge < -0.3 is 29.5 Å². The van der Waals surface area contributed by atoms with E-state index in [0.717, 1.165) is 33.4 Å². The van der Waals surface area contributed by atoms with Gasteiger partial charge in [-0.05, 0) is 102 Å². The first-order chi connectivity index (χ1) is 31.9. The average molecular weight is 977 g/mol. The van der Waals surface area contributed by atoms with E-state index in [2.05, 4.69) is 178 Å². The molecule has 0 aliphatic heterocycles. The van der Waals surface area contributed by atoms with E-state index in [-0.39, 0.29) is 21.7 Å². The molecule has 0 saturated carbocycles. The fourth-order valence-electron chi connectivity index (χ4n) is 8.95. The zero-order valence-electron chi connectivity index (χ0n) is 48.4. The standard InChI is InChI=1S/C63H92O8/c1-55(2,3)40-25-27-48(42(33-40)57(7,8)9)69-53(67)38-29-44(59(13,14)15)50(45(30-38)60(16,17)18)52(63(35-64,36-65)37-66)71-51-46(61(19,20)21)31-39(32-47(51)62(22,23)24)54(68)70-49-28-26-41(56(4,5)6)34-43(49)58(10,11)12/h25-34,52,64-66H,35-37H2,1-24H3. The van der Waals surface area contributed by atoms with Gasteiger partial charge in [0, 0.05) is 27.8 Å². The van der Waals surface area contributed by atoms with Gasteiger partial charge in [0.05, 0.1) is 36.4 Å². The lowest BCUT2D eigenvalue weighted by molar-refractivity contribution is -0.0761. The van der Waals surface area contributed by atoms with E-state index >= 15 is 0 Å². The number of carbonyl (C=O) groups is 2. The summed E-state index contributed by atoms with van der Waals surface area (Å²) in [5, 5.41) is 34.4. The van der Waals surface area contributed by atoms with Crippen LogP contribution < -0.4 is 14.2 Å². The Hall–Kier alpha value is -4.50. The molecular weight excluding hydrogens is 885 g/mol. The Balaban J connectivity index is 2.09. The highest BCUT2D eigenvalue weighted by Crippen LogP contribution is 2.51. The van der Waals surface area contributed by atoms with Gasteiger partial charge in [-0.3, -0.25) is 0 Å². The normalized spacial score (nSPS) is 14.1. The van der Waals surface area contributed by atoms with Crippen molar-refractivity contribution < 1.29 is 39.1 Å². The summed E-state index contributed by atoms with van der Waals surface area (Å²) in [6.45, 7) is 48.4. The lowest BCUT2D eigenvalue weighted by Gasteiger charge is -2.43. The molecule has 4 rings (SSSR count). The summed E-state index contributed by atoms with van der Waals surface area (Å²) in [6.07, 6.45) is -1.18. The summed E-state index contributed by atoms with van der Waals surface area (Å²) in [7, 11) is 0. The van der Waals surface area contributed by atoms with Gasteiger partial charge in [-0.15, -0.1) is 0 Å². The molecule has 0 amide bonds. The van der Waals surface area contributed by atoms with Crippen molar-refractivity contribution in [3.8, 4) is 17.2 Å². The molecule has 0 saturated heterocycles. The summed E-state index contributed by atoms with van der Waals surface area (Å²) < 4.78 is 20.3. The van der Waals surface area contributed by atoms with E-state index in [4.69, 9.17) is 14.2 Å². The maximum absolute atomic E-state index is 14.7. The number of aliphatic hydroxyl groups excluding tert-OH is 3. The number of aliphatic hydroxyl groups is 3. The van der Waals surface area contributed by atoms with Crippen molar-refractivity contribution in [1.29, 1.82) is 0 Å². The van der Waals surface area contributed by atoms with Crippen molar-refractivity contribution in [2.75, 3.05) is 19.8 Å². The predicted octanol–water partition coefficient (Wildman–Crippen LogP) is 14.6. The van der Waals surface area contributed by atoms with Crippen LogP contribution in [0.3, 0.4) is 0 Å². The van der Waals surface area contributed by atoms with Crippen LogP contribution in [0.2, 0.25) is 0 Å². The van der Waals surface area contributed by atoms with Crippen molar-refractivity contribution in [2.45, 2.75) is 216 Å². The summed E-state index contributed by atoms with van der Waals surface area (Å²) in [4.78, 5) is 29.3. The first-order valence-electron chi connectivity index (χ1n) is 25.5. The van der Waals surface area contributed by atoms with Crippen LogP contribution >= 0.6 is 0 Å². The molecule has 8 nitrogen and oxygen atoms in total. The summed E-state index contributed by atoms with van der Waals surface area (Å²) >= 11 is 0. The molecular formula is C63H92O8. The van der Waals surface area contributed by atoms with Crippen LogP contribution in [0.5, 0.6) is 17.2 Å². The number of hydrogen-bond acceptors (Lipinski definition) is 8. The zero-order chi connectivity index (χ0) is 54.6. The molecule has 0 aliphatic rings. The molecule has 71 heavy (non-hydrogen) atoms. The number of esters is 2. The molecule has 4 aromatic carbocycles. The third kappa shape index (κ3) is 13.4. The maximum atomic E-state index is 14.7. The molecule has 3 N–H and O–H groups in total. The summed E-state index contributed by atoms with van der Waals surface area (Å²) in [5.74, 6) is 0.409. The van der Waals surface area contributed by atoms with Crippen molar-refractivity contribution in [1.82, 2.24) is 0 Å². The van der Waals surface area contributed by atoms with Gasteiger partial charge in [-0.25, -0.2) is 9.59 Å². The third-order valence-electron chi connectivity index (χ3n) is 13.7. The number of rotatable bonds is 11. The van der Waals surface area contributed by atoms with Crippen molar-refractivity contribution in [2.24, 2.45) is 5.41 Å². The minimum Gasteiger partial charge on any atom is -0.484 e. The van der Waals surface area contributed by atoms with Crippen LogP contribution in [0.1, 0.15) is 243 Å². The highest BCUT2D eigenvalue weighted by molar-refractivity contribution is 5.93. The van der Waals surface area contributed by atoms with Gasteiger partial charge in [-0.1, -0.05) is 190 Å². The van der Waals surface area contributed by atoms with Crippen LogP contribution in [0.15, 0.2) is 60.7 Å². The van der Waals surface area contributed by atoms with Crippen LogP contribution in [-0.4, -0.2) is 47.1 Å². The predicted molar refractivity (Wildman–Crippen MR) is 292 cm³/mol. The van der Waals surface area contributed by atoms with E-state index < -0.39 is 64.9 Å². The molecule has 4 aromatic rings. The van der Waals surface area contributed by atoms with Gasteiger partial charge in [0.1, 0.15) is 23.4 Å². The number of benzene rings is 4. The number of ether oxygens (including phenoxy) is 3. The fraction of sp³-hybridized carbons (Fsp3) is 0.587. The van der Waals surface area contributed by atoms with Crippen LogP contribution in [-0.2, 0) is 43.3 Å². The molecule has 0 fully saturated rings. The molecule has 0 radical (unpaired) electrons. The van der Waals surface area contributed by atoms with E-state index in [1.165, 1.54) is 0 Å². The smallest absolute Gasteiger partial charge is 0.343 e. The Morgan fingerprint density at radius 3 is 0.930 bits per heavy atom. The van der Waals surface area contributed by atoms with Crippen molar-refractivity contribution >= 4 is 11.9 Å². The van der Waals surface area contributed by atoms with Gasteiger partial charge in [-0.2, -0.15) is 0 Å². The first-order valence-corrected chi connectivity index (χ1v) is 25.5. The Labute approximate surface area is 429 Å².